The quantitative estimate of drug-likeness (QED) is 0.390. The fourth-order valence-electron chi connectivity index (χ4n) is 0.631. The van der Waals surface area contributed by atoms with Crippen molar-refractivity contribution in [1.82, 2.24) is 5.32 Å². The van der Waals surface area contributed by atoms with E-state index in [0.29, 0.717) is 6.54 Å². The van der Waals surface area contributed by atoms with Crippen LogP contribution in [0.1, 0.15) is 6.42 Å². The number of likely N-dealkylation sites (N-methyl/N-ethyl adjacent to an activating group) is 1. The van der Waals surface area contributed by atoms with E-state index in [4.69, 9.17) is 15.6 Å². The third-order valence-electron chi connectivity index (χ3n) is 1.14. The van der Waals surface area contributed by atoms with E-state index in [-0.39, 0.29) is 6.42 Å². The highest BCUT2D eigenvalue weighted by atomic mass is 16.4. The van der Waals surface area contributed by atoms with Crippen LogP contribution in [0.5, 0.6) is 0 Å². The Labute approximate surface area is 64.5 Å². The van der Waals surface area contributed by atoms with Gasteiger partial charge in [-0.3, -0.25) is 5.41 Å². The number of carboxylic acid groups (broad SMARTS) is 1. The average Bonchev–Trinajstić information content (AvgIpc) is 1.87. The molecule has 0 rings (SSSR count). The molecule has 0 saturated heterocycles. The lowest BCUT2D eigenvalue weighted by molar-refractivity contribution is -0.129. The first-order valence-electron chi connectivity index (χ1n) is 3.21. The third-order valence-corrected chi connectivity index (χ3v) is 1.14. The van der Waals surface area contributed by atoms with Gasteiger partial charge in [0, 0.05) is 13.0 Å². The van der Waals surface area contributed by atoms with Crippen LogP contribution >= 0.6 is 0 Å². The molecule has 5 nitrogen and oxygen atoms in total. The molecule has 0 heterocycles. The van der Waals surface area contributed by atoms with Crippen molar-refractivity contribution < 1.29 is 15.0 Å². The second-order valence-electron chi connectivity index (χ2n) is 2.20. The van der Waals surface area contributed by atoms with Crippen LogP contribution in [0.25, 0.3) is 0 Å². The van der Waals surface area contributed by atoms with Crippen LogP contribution in [0, 0.1) is 5.41 Å². The Bertz CT molecular complexity index is 158. The predicted molar refractivity (Wildman–Crippen MR) is 39.9 cm³/mol. The lowest BCUT2D eigenvalue weighted by Gasteiger charge is -2.07. The van der Waals surface area contributed by atoms with Crippen molar-refractivity contribution in [2.75, 3.05) is 13.6 Å². The van der Waals surface area contributed by atoms with E-state index in [1.54, 1.807) is 7.05 Å². The predicted octanol–water partition coefficient (Wildman–Crippen LogP) is -0.939. The van der Waals surface area contributed by atoms with Crippen LogP contribution in [-0.4, -0.2) is 41.6 Å². The highest BCUT2D eigenvalue weighted by Gasteiger charge is 2.11. The van der Waals surface area contributed by atoms with Gasteiger partial charge in [0.2, 0.25) is 0 Å². The third kappa shape index (κ3) is 4.46. The van der Waals surface area contributed by atoms with Crippen LogP contribution in [-0.2, 0) is 4.79 Å². The van der Waals surface area contributed by atoms with Crippen molar-refractivity contribution in [2.24, 2.45) is 0 Å². The Balaban J connectivity index is 3.66. The van der Waals surface area contributed by atoms with Gasteiger partial charge < -0.3 is 15.5 Å². The molecule has 1 atom stereocenters. The van der Waals surface area contributed by atoms with Crippen LogP contribution in [0.4, 0.5) is 0 Å². The Morgan fingerprint density at radius 3 is 2.64 bits per heavy atom. The smallest absolute Gasteiger partial charge is 0.349 e. The molecule has 0 saturated carbocycles. The maximum atomic E-state index is 10.1. The van der Waals surface area contributed by atoms with E-state index in [1.807, 2.05) is 0 Å². The average molecular weight is 160 g/mol. The van der Waals surface area contributed by atoms with E-state index in [0.717, 1.165) is 0 Å². The van der Waals surface area contributed by atoms with Gasteiger partial charge in [0.05, 0.1) is 6.10 Å². The Kier molecular flexibility index (Phi) is 4.40. The van der Waals surface area contributed by atoms with Gasteiger partial charge in [-0.05, 0) is 7.05 Å². The van der Waals surface area contributed by atoms with E-state index in [1.165, 1.54) is 0 Å². The molecule has 1 unspecified atom stereocenters. The molecular weight excluding hydrogens is 148 g/mol. The van der Waals surface area contributed by atoms with E-state index in [9.17, 15) is 4.79 Å². The lowest BCUT2D eigenvalue weighted by atomic mass is 10.2. The maximum absolute atomic E-state index is 10.1. The number of aliphatic hydroxyl groups excluding tert-OH is 1. The topological polar surface area (TPSA) is 93.4 Å². The number of carboxylic acids is 1. The van der Waals surface area contributed by atoms with Gasteiger partial charge in [0.25, 0.3) is 0 Å². The van der Waals surface area contributed by atoms with Gasteiger partial charge >= 0.3 is 5.97 Å². The van der Waals surface area contributed by atoms with Crippen molar-refractivity contribution in [3.8, 4) is 0 Å². The molecule has 0 radical (unpaired) electrons. The molecule has 0 amide bonds. The molecular formula is C6H12N2O3. The standard InChI is InChI=1S/C6H12N2O3/c1-8-3-4(9)2-5(7)6(10)11/h4,7-9H,2-3H2,1H3,(H,10,11). The van der Waals surface area contributed by atoms with Crippen LogP contribution in [0.15, 0.2) is 0 Å². The normalized spacial score (nSPS) is 12.5. The van der Waals surface area contributed by atoms with Crippen molar-refractivity contribution in [1.29, 1.82) is 5.41 Å². The van der Waals surface area contributed by atoms with Crippen molar-refractivity contribution in [2.45, 2.75) is 12.5 Å². The van der Waals surface area contributed by atoms with Gasteiger partial charge in [-0.25, -0.2) is 4.79 Å². The number of aliphatic hydroxyl groups is 1. The minimum atomic E-state index is -1.28. The SMILES string of the molecule is CNCC(O)CC(=N)C(=O)O. The first-order valence-corrected chi connectivity index (χ1v) is 3.21. The van der Waals surface area contributed by atoms with Crippen LogP contribution in [0.3, 0.4) is 0 Å². The zero-order chi connectivity index (χ0) is 8.85. The summed E-state index contributed by atoms with van der Waals surface area (Å²) in [6.45, 7) is 0.301. The molecule has 0 aromatic carbocycles. The van der Waals surface area contributed by atoms with Gasteiger partial charge in [0.15, 0.2) is 0 Å². The zero-order valence-electron chi connectivity index (χ0n) is 6.29. The largest absolute Gasteiger partial charge is 0.477 e. The molecule has 4 N–H and O–H groups in total. The summed E-state index contributed by atoms with van der Waals surface area (Å²) in [4.78, 5) is 10.1. The van der Waals surface area contributed by atoms with E-state index < -0.39 is 17.8 Å². The van der Waals surface area contributed by atoms with Gasteiger partial charge in [-0.2, -0.15) is 0 Å². The molecule has 0 spiro atoms. The number of hydrogen-bond donors (Lipinski definition) is 4. The first-order chi connectivity index (χ1) is 5.07. The molecule has 0 aromatic heterocycles. The molecule has 5 heteroatoms. The number of rotatable bonds is 5. The Morgan fingerprint density at radius 1 is 1.73 bits per heavy atom. The number of nitrogens with one attached hydrogen (secondary N) is 2. The van der Waals surface area contributed by atoms with Crippen molar-refractivity contribution in [3.63, 3.8) is 0 Å². The fraction of sp³-hybridized carbons (Fsp3) is 0.667. The monoisotopic (exact) mass is 160 g/mol. The summed E-state index contributed by atoms with van der Waals surface area (Å²) in [5.41, 5.74) is -0.465. The summed E-state index contributed by atoms with van der Waals surface area (Å²) in [6.07, 6.45) is -0.903. The fourth-order valence-corrected chi connectivity index (χ4v) is 0.631. The Morgan fingerprint density at radius 2 is 2.27 bits per heavy atom. The zero-order valence-corrected chi connectivity index (χ0v) is 6.29. The molecule has 0 fully saturated rings. The lowest BCUT2D eigenvalue weighted by Crippen LogP contribution is -2.28. The molecule has 11 heavy (non-hydrogen) atoms. The molecule has 0 bridgehead atoms. The Hall–Kier alpha value is -0.940. The van der Waals surface area contributed by atoms with E-state index in [2.05, 4.69) is 5.32 Å². The minimum absolute atomic E-state index is 0.115. The highest BCUT2D eigenvalue weighted by Crippen LogP contribution is 1.91. The van der Waals surface area contributed by atoms with E-state index >= 15 is 0 Å². The minimum Gasteiger partial charge on any atom is -0.477 e. The molecule has 64 valence electrons. The number of hydrogen-bond acceptors (Lipinski definition) is 4. The summed E-state index contributed by atoms with van der Waals surface area (Å²) >= 11 is 0. The summed E-state index contributed by atoms with van der Waals surface area (Å²) < 4.78 is 0. The number of carbonyl (C=O) groups is 1. The van der Waals surface area contributed by atoms with Crippen LogP contribution < -0.4 is 5.32 Å². The summed E-state index contributed by atoms with van der Waals surface area (Å²) in [5.74, 6) is -1.28. The van der Waals surface area contributed by atoms with Crippen LogP contribution in [0.2, 0.25) is 0 Å². The number of aliphatic carboxylic acids is 1. The second kappa shape index (κ2) is 4.81. The van der Waals surface area contributed by atoms with Gasteiger partial charge in [0.1, 0.15) is 5.71 Å². The first kappa shape index (κ1) is 10.1. The summed E-state index contributed by atoms with van der Waals surface area (Å²) in [7, 11) is 1.65. The van der Waals surface area contributed by atoms with Gasteiger partial charge in [-0.1, -0.05) is 0 Å². The molecule has 0 aliphatic carbocycles. The summed E-state index contributed by atoms with van der Waals surface area (Å²) in [5, 5.41) is 26.8. The second-order valence-corrected chi connectivity index (χ2v) is 2.20. The molecule has 0 aliphatic heterocycles. The summed E-state index contributed by atoms with van der Waals surface area (Å²) in [6, 6.07) is 0. The van der Waals surface area contributed by atoms with Crippen molar-refractivity contribution >= 4 is 11.7 Å². The van der Waals surface area contributed by atoms with Gasteiger partial charge in [-0.15, -0.1) is 0 Å². The van der Waals surface area contributed by atoms with Crippen molar-refractivity contribution in [3.05, 3.63) is 0 Å². The molecule has 0 aromatic rings. The molecule has 0 aliphatic rings. The maximum Gasteiger partial charge on any atom is 0.349 e. The highest BCUT2D eigenvalue weighted by molar-refractivity contribution is 6.34.